The molecule has 0 spiro atoms. The molecule has 6 heteroatoms. The van der Waals surface area contributed by atoms with Gasteiger partial charge in [0.05, 0.1) is 18.4 Å². The van der Waals surface area contributed by atoms with Gasteiger partial charge in [0.15, 0.2) is 0 Å². The minimum absolute atomic E-state index is 0.188. The summed E-state index contributed by atoms with van der Waals surface area (Å²) in [7, 11) is 0. The second-order valence-electron chi connectivity index (χ2n) is 5.04. The molecule has 110 valence electrons. The number of furan rings is 1. The fourth-order valence-electron chi connectivity index (χ4n) is 2.11. The van der Waals surface area contributed by atoms with Gasteiger partial charge in [-0.2, -0.15) is 0 Å². The first kappa shape index (κ1) is 14.6. The van der Waals surface area contributed by atoms with E-state index in [1.165, 1.54) is 12.5 Å². The van der Waals surface area contributed by atoms with Crippen LogP contribution in [0, 0.1) is 5.92 Å². The van der Waals surface area contributed by atoms with Crippen LogP contribution >= 0.6 is 0 Å². The van der Waals surface area contributed by atoms with Gasteiger partial charge < -0.3 is 19.8 Å². The van der Waals surface area contributed by atoms with Gasteiger partial charge in [-0.25, -0.2) is 0 Å². The zero-order chi connectivity index (χ0) is 14.4. The summed E-state index contributed by atoms with van der Waals surface area (Å²) in [6.45, 7) is 3.74. The predicted molar refractivity (Wildman–Crippen MR) is 72.2 cm³/mol. The summed E-state index contributed by atoms with van der Waals surface area (Å²) in [4.78, 5) is 23.7. The third-order valence-electron chi connectivity index (χ3n) is 3.34. The first-order valence-electron chi connectivity index (χ1n) is 6.85. The second-order valence-corrected chi connectivity index (χ2v) is 5.04. The van der Waals surface area contributed by atoms with Crippen molar-refractivity contribution in [1.29, 1.82) is 0 Å². The van der Waals surface area contributed by atoms with Gasteiger partial charge in [-0.05, 0) is 31.7 Å². The molecule has 0 aromatic carbocycles. The van der Waals surface area contributed by atoms with Gasteiger partial charge in [0.1, 0.15) is 12.3 Å². The molecule has 1 aromatic rings. The molecule has 2 N–H and O–H groups in total. The SMILES string of the molecule is C[C@@H](NC(=O)c1ccoc1)C(=O)NC[C@@H]1CCCOC1. The third kappa shape index (κ3) is 4.09. The Kier molecular flexibility index (Phi) is 5.17. The Bertz CT molecular complexity index is 438. The van der Waals surface area contributed by atoms with E-state index in [0.717, 1.165) is 19.4 Å². The fraction of sp³-hybridized carbons (Fsp3) is 0.571. The Morgan fingerprint density at radius 3 is 3.00 bits per heavy atom. The van der Waals surface area contributed by atoms with E-state index in [1.807, 2.05) is 0 Å². The van der Waals surface area contributed by atoms with Crippen LogP contribution in [0.5, 0.6) is 0 Å². The van der Waals surface area contributed by atoms with Crippen LogP contribution < -0.4 is 10.6 Å². The van der Waals surface area contributed by atoms with Crippen LogP contribution in [0.25, 0.3) is 0 Å². The van der Waals surface area contributed by atoms with Gasteiger partial charge in [0.2, 0.25) is 5.91 Å². The summed E-state index contributed by atoms with van der Waals surface area (Å²) in [5.74, 6) is -0.140. The lowest BCUT2D eigenvalue weighted by Gasteiger charge is -2.23. The van der Waals surface area contributed by atoms with Crippen LogP contribution in [-0.2, 0) is 9.53 Å². The summed E-state index contributed by atoms with van der Waals surface area (Å²) in [5.41, 5.74) is 0.408. The van der Waals surface area contributed by atoms with Gasteiger partial charge >= 0.3 is 0 Å². The van der Waals surface area contributed by atoms with Gasteiger partial charge in [-0.1, -0.05) is 0 Å². The Morgan fingerprint density at radius 2 is 2.35 bits per heavy atom. The van der Waals surface area contributed by atoms with Gasteiger partial charge in [-0.15, -0.1) is 0 Å². The minimum atomic E-state index is -0.582. The first-order chi connectivity index (χ1) is 9.66. The lowest BCUT2D eigenvalue weighted by Crippen LogP contribution is -2.46. The van der Waals surface area contributed by atoms with Crippen molar-refractivity contribution in [2.45, 2.75) is 25.8 Å². The molecule has 2 atom stereocenters. The van der Waals surface area contributed by atoms with Crippen molar-refractivity contribution in [1.82, 2.24) is 10.6 Å². The molecule has 1 aromatic heterocycles. The van der Waals surface area contributed by atoms with E-state index in [1.54, 1.807) is 13.0 Å². The molecule has 1 fully saturated rings. The molecule has 0 bridgehead atoms. The molecular weight excluding hydrogens is 260 g/mol. The quantitative estimate of drug-likeness (QED) is 0.841. The number of carbonyl (C=O) groups is 2. The van der Waals surface area contributed by atoms with Crippen molar-refractivity contribution in [2.75, 3.05) is 19.8 Å². The summed E-state index contributed by atoms with van der Waals surface area (Å²) >= 11 is 0. The number of hydrogen-bond donors (Lipinski definition) is 2. The van der Waals surface area contributed by atoms with Crippen molar-refractivity contribution in [3.05, 3.63) is 24.2 Å². The van der Waals surface area contributed by atoms with Crippen LogP contribution in [0.4, 0.5) is 0 Å². The molecule has 20 heavy (non-hydrogen) atoms. The highest BCUT2D eigenvalue weighted by atomic mass is 16.5. The molecule has 0 unspecified atom stereocenters. The number of amides is 2. The predicted octanol–water partition coefficient (Wildman–Crippen LogP) is 0.941. The largest absolute Gasteiger partial charge is 0.472 e. The van der Waals surface area contributed by atoms with Crippen LogP contribution in [0.1, 0.15) is 30.1 Å². The van der Waals surface area contributed by atoms with Crippen LogP contribution in [-0.4, -0.2) is 37.6 Å². The van der Waals surface area contributed by atoms with Crippen molar-refractivity contribution < 1.29 is 18.7 Å². The second kappa shape index (κ2) is 7.09. The topological polar surface area (TPSA) is 80.6 Å². The van der Waals surface area contributed by atoms with Crippen molar-refractivity contribution in [2.24, 2.45) is 5.92 Å². The average molecular weight is 280 g/mol. The molecule has 2 rings (SSSR count). The zero-order valence-electron chi connectivity index (χ0n) is 11.6. The van der Waals surface area contributed by atoms with E-state index >= 15 is 0 Å². The Balaban J connectivity index is 1.72. The number of rotatable bonds is 5. The lowest BCUT2D eigenvalue weighted by atomic mass is 10.0. The summed E-state index contributed by atoms with van der Waals surface area (Å²) in [6, 6.07) is 0.973. The zero-order valence-corrected chi connectivity index (χ0v) is 11.6. The van der Waals surface area contributed by atoms with Crippen LogP contribution in [0.2, 0.25) is 0 Å². The highest BCUT2D eigenvalue weighted by Gasteiger charge is 2.19. The summed E-state index contributed by atoms with van der Waals surface area (Å²) in [6.07, 6.45) is 4.87. The Labute approximate surface area is 117 Å². The third-order valence-corrected chi connectivity index (χ3v) is 3.34. The lowest BCUT2D eigenvalue weighted by molar-refractivity contribution is -0.123. The van der Waals surface area contributed by atoms with Crippen molar-refractivity contribution in [3.63, 3.8) is 0 Å². The maximum Gasteiger partial charge on any atom is 0.255 e. The van der Waals surface area contributed by atoms with E-state index in [0.29, 0.717) is 24.6 Å². The molecule has 0 aliphatic carbocycles. The average Bonchev–Trinajstić information content (AvgIpc) is 3.00. The van der Waals surface area contributed by atoms with Gasteiger partial charge in [0.25, 0.3) is 5.91 Å². The summed E-state index contributed by atoms with van der Waals surface area (Å²) < 4.78 is 10.2. The van der Waals surface area contributed by atoms with E-state index in [9.17, 15) is 9.59 Å². The van der Waals surface area contributed by atoms with E-state index in [4.69, 9.17) is 9.15 Å². The van der Waals surface area contributed by atoms with Crippen LogP contribution in [0.15, 0.2) is 23.0 Å². The highest BCUT2D eigenvalue weighted by Crippen LogP contribution is 2.12. The molecule has 2 amide bonds. The number of carbonyl (C=O) groups excluding carboxylic acids is 2. The molecular formula is C14H20N2O4. The standard InChI is InChI=1S/C14H20N2O4/c1-10(16-14(18)12-4-6-20-9-12)13(17)15-7-11-3-2-5-19-8-11/h4,6,9-11H,2-3,5,7-8H2,1H3,(H,15,17)(H,16,18)/t10-,11+/m1/s1. The number of hydrogen-bond acceptors (Lipinski definition) is 4. The monoisotopic (exact) mass is 280 g/mol. The Morgan fingerprint density at radius 1 is 1.50 bits per heavy atom. The van der Waals surface area contributed by atoms with Crippen LogP contribution in [0.3, 0.4) is 0 Å². The number of ether oxygens (including phenoxy) is 1. The molecule has 6 nitrogen and oxygen atoms in total. The Hall–Kier alpha value is -1.82. The van der Waals surface area contributed by atoms with Crippen molar-refractivity contribution in [3.8, 4) is 0 Å². The van der Waals surface area contributed by atoms with Gasteiger partial charge in [0, 0.05) is 13.2 Å². The molecule has 1 aliphatic rings. The molecule has 0 saturated carbocycles. The van der Waals surface area contributed by atoms with E-state index in [-0.39, 0.29) is 11.8 Å². The van der Waals surface area contributed by atoms with E-state index < -0.39 is 6.04 Å². The molecule has 0 radical (unpaired) electrons. The molecule has 1 saturated heterocycles. The van der Waals surface area contributed by atoms with Crippen molar-refractivity contribution >= 4 is 11.8 Å². The van der Waals surface area contributed by atoms with E-state index in [2.05, 4.69) is 10.6 Å². The maximum absolute atomic E-state index is 11.9. The fourth-order valence-corrected chi connectivity index (χ4v) is 2.11. The first-order valence-corrected chi connectivity index (χ1v) is 6.85. The molecule has 2 heterocycles. The van der Waals surface area contributed by atoms with Gasteiger partial charge in [-0.3, -0.25) is 9.59 Å². The maximum atomic E-state index is 11.9. The highest BCUT2D eigenvalue weighted by molar-refractivity contribution is 5.97. The summed E-state index contributed by atoms with van der Waals surface area (Å²) in [5, 5.41) is 5.47. The smallest absolute Gasteiger partial charge is 0.255 e. The minimum Gasteiger partial charge on any atom is -0.472 e. The molecule has 1 aliphatic heterocycles. The normalized spacial score (nSPS) is 20.1. The number of nitrogens with one attached hydrogen (secondary N) is 2.